The second-order valence-electron chi connectivity index (χ2n) is 7.67. The molecule has 9 heteroatoms. The SMILES string of the molecule is CN=C(NCCS(=O)(=O)N1CCN(c2ccccn2)CC1)NCc1ccc(C)cc1C. The Balaban J connectivity index is 1.44. The molecule has 1 aliphatic rings. The summed E-state index contributed by atoms with van der Waals surface area (Å²) in [5, 5.41) is 6.37. The van der Waals surface area contributed by atoms with Crippen molar-refractivity contribution in [2.75, 3.05) is 50.4 Å². The van der Waals surface area contributed by atoms with Gasteiger partial charge in [0.05, 0.1) is 5.75 Å². The van der Waals surface area contributed by atoms with Gasteiger partial charge in [-0.25, -0.2) is 13.4 Å². The summed E-state index contributed by atoms with van der Waals surface area (Å²) in [5.74, 6) is 1.51. The molecule has 0 unspecified atom stereocenters. The number of hydrogen-bond donors (Lipinski definition) is 2. The van der Waals surface area contributed by atoms with E-state index in [1.165, 1.54) is 16.7 Å². The first-order chi connectivity index (χ1) is 14.9. The molecular formula is C22H32N6O2S. The van der Waals surface area contributed by atoms with Crippen molar-refractivity contribution in [1.82, 2.24) is 19.9 Å². The Morgan fingerprint density at radius 3 is 2.52 bits per heavy atom. The van der Waals surface area contributed by atoms with Crippen molar-refractivity contribution in [3.63, 3.8) is 0 Å². The lowest BCUT2D eigenvalue weighted by molar-refractivity contribution is 0.384. The van der Waals surface area contributed by atoms with Gasteiger partial charge < -0.3 is 15.5 Å². The predicted octanol–water partition coefficient (Wildman–Crippen LogP) is 1.52. The van der Waals surface area contributed by atoms with Gasteiger partial charge in [-0.3, -0.25) is 4.99 Å². The Kier molecular flexibility index (Phi) is 7.86. The van der Waals surface area contributed by atoms with Gasteiger partial charge in [-0.05, 0) is 37.1 Å². The molecule has 2 N–H and O–H groups in total. The van der Waals surface area contributed by atoms with Crippen LogP contribution in [0, 0.1) is 13.8 Å². The van der Waals surface area contributed by atoms with Crippen molar-refractivity contribution in [2.24, 2.45) is 4.99 Å². The molecule has 0 bridgehead atoms. The van der Waals surface area contributed by atoms with E-state index in [0.29, 0.717) is 45.2 Å². The number of sulfonamides is 1. The largest absolute Gasteiger partial charge is 0.355 e. The zero-order valence-electron chi connectivity index (χ0n) is 18.5. The van der Waals surface area contributed by atoms with Gasteiger partial charge in [0.1, 0.15) is 5.82 Å². The van der Waals surface area contributed by atoms with Crippen LogP contribution in [0.3, 0.4) is 0 Å². The maximum absolute atomic E-state index is 12.7. The highest BCUT2D eigenvalue weighted by Gasteiger charge is 2.27. The minimum atomic E-state index is -3.33. The third-order valence-corrected chi connectivity index (χ3v) is 7.30. The normalized spacial score (nSPS) is 15.7. The van der Waals surface area contributed by atoms with E-state index in [1.807, 2.05) is 18.2 Å². The van der Waals surface area contributed by atoms with Gasteiger partial charge in [0, 0.05) is 52.5 Å². The third kappa shape index (κ3) is 6.41. The summed E-state index contributed by atoms with van der Waals surface area (Å²) in [7, 11) is -1.65. The zero-order valence-corrected chi connectivity index (χ0v) is 19.3. The standard InChI is InChI=1S/C22H32N6O2S/c1-18-7-8-20(19(2)16-18)17-26-22(23-3)25-10-15-31(29,30)28-13-11-27(12-14-28)21-6-4-5-9-24-21/h4-9,16H,10-15,17H2,1-3H3,(H2,23,25,26). The molecule has 1 saturated heterocycles. The summed E-state index contributed by atoms with van der Waals surface area (Å²) in [6, 6.07) is 12.1. The number of aryl methyl sites for hydroxylation is 2. The summed E-state index contributed by atoms with van der Waals surface area (Å²) in [6.45, 7) is 7.32. The van der Waals surface area contributed by atoms with Gasteiger partial charge in [-0.2, -0.15) is 4.31 Å². The fourth-order valence-electron chi connectivity index (χ4n) is 3.61. The lowest BCUT2D eigenvalue weighted by atomic mass is 10.1. The summed E-state index contributed by atoms with van der Waals surface area (Å²) < 4.78 is 27.1. The summed E-state index contributed by atoms with van der Waals surface area (Å²) in [6.07, 6.45) is 1.76. The number of aliphatic imine (C=N–C) groups is 1. The molecule has 8 nitrogen and oxygen atoms in total. The average Bonchev–Trinajstić information content (AvgIpc) is 2.78. The number of benzene rings is 1. The van der Waals surface area contributed by atoms with E-state index < -0.39 is 10.0 Å². The van der Waals surface area contributed by atoms with E-state index in [9.17, 15) is 8.42 Å². The third-order valence-electron chi connectivity index (χ3n) is 5.43. The molecule has 168 valence electrons. The smallest absolute Gasteiger partial charge is 0.215 e. The number of hydrogen-bond acceptors (Lipinski definition) is 5. The lowest BCUT2D eigenvalue weighted by Gasteiger charge is -2.34. The van der Waals surface area contributed by atoms with Gasteiger partial charge >= 0.3 is 0 Å². The predicted molar refractivity (Wildman–Crippen MR) is 126 cm³/mol. The molecule has 1 fully saturated rings. The Hall–Kier alpha value is -2.65. The van der Waals surface area contributed by atoms with Crippen LogP contribution in [-0.2, 0) is 16.6 Å². The number of anilines is 1. The minimum absolute atomic E-state index is 0.0286. The number of nitrogens with one attached hydrogen (secondary N) is 2. The first kappa shape index (κ1) is 23.0. The molecule has 0 aliphatic carbocycles. The van der Waals surface area contributed by atoms with E-state index in [-0.39, 0.29) is 5.75 Å². The molecule has 31 heavy (non-hydrogen) atoms. The number of rotatable bonds is 7. The maximum atomic E-state index is 12.7. The van der Waals surface area contributed by atoms with Crippen molar-refractivity contribution in [1.29, 1.82) is 0 Å². The Labute approximate surface area is 185 Å². The van der Waals surface area contributed by atoms with Crippen LogP contribution >= 0.6 is 0 Å². The van der Waals surface area contributed by atoms with Crippen LogP contribution in [0.5, 0.6) is 0 Å². The fourth-order valence-corrected chi connectivity index (χ4v) is 4.95. The molecule has 1 aromatic carbocycles. The Morgan fingerprint density at radius 2 is 1.87 bits per heavy atom. The molecule has 1 aromatic heterocycles. The average molecular weight is 445 g/mol. The second-order valence-corrected chi connectivity index (χ2v) is 9.76. The van der Waals surface area contributed by atoms with Crippen LogP contribution in [0.15, 0.2) is 47.6 Å². The molecular weight excluding hydrogens is 412 g/mol. The van der Waals surface area contributed by atoms with Crippen molar-refractivity contribution in [2.45, 2.75) is 20.4 Å². The molecule has 0 spiro atoms. The molecule has 0 atom stereocenters. The van der Waals surface area contributed by atoms with Crippen molar-refractivity contribution >= 4 is 21.8 Å². The molecule has 0 saturated carbocycles. The number of nitrogens with zero attached hydrogens (tertiary/aromatic N) is 4. The molecule has 0 radical (unpaired) electrons. The van der Waals surface area contributed by atoms with Gasteiger partial charge in [-0.15, -0.1) is 0 Å². The monoisotopic (exact) mass is 444 g/mol. The van der Waals surface area contributed by atoms with Crippen molar-refractivity contribution < 1.29 is 8.42 Å². The van der Waals surface area contributed by atoms with E-state index in [0.717, 1.165) is 5.82 Å². The number of pyridine rings is 1. The van der Waals surface area contributed by atoms with Crippen LogP contribution in [0.2, 0.25) is 0 Å². The lowest BCUT2D eigenvalue weighted by Crippen LogP contribution is -2.50. The minimum Gasteiger partial charge on any atom is -0.355 e. The Morgan fingerprint density at radius 1 is 1.10 bits per heavy atom. The first-order valence-corrected chi connectivity index (χ1v) is 12.1. The van der Waals surface area contributed by atoms with E-state index in [4.69, 9.17) is 0 Å². The van der Waals surface area contributed by atoms with Crippen LogP contribution < -0.4 is 15.5 Å². The van der Waals surface area contributed by atoms with Crippen LogP contribution in [0.1, 0.15) is 16.7 Å². The molecule has 2 aromatic rings. The Bertz CT molecular complexity index is 986. The summed E-state index contributed by atoms with van der Waals surface area (Å²) >= 11 is 0. The summed E-state index contributed by atoms with van der Waals surface area (Å²) in [4.78, 5) is 10.7. The number of aromatic nitrogens is 1. The van der Waals surface area contributed by atoms with Crippen LogP contribution in [0.25, 0.3) is 0 Å². The molecule has 0 amide bonds. The van der Waals surface area contributed by atoms with Crippen LogP contribution in [0.4, 0.5) is 5.82 Å². The van der Waals surface area contributed by atoms with E-state index in [2.05, 4.69) is 57.6 Å². The highest BCUT2D eigenvalue weighted by Crippen LogP contribution is 2.14. The van der Waals surface area contributed by atoms with Gasteiger partial charge in [-0.1, -0.05) is 29.8 Å². The quantitative estimate of drug-likeness (QED) is 0.497. The van der Waals surface area contributed by atoms with Gasteiger partial charge in [0.15, 0.2) is 5.96 Å². The zero-order chi connectivity index (χ0) is 22.3. The highest BCUT2D eigenvalue weighted by molar-refractivity contribution is 7.89. The van der Waals surface area contributed by atoms with E-state index >= 15 is 0 Å². The van der Waals surface area contributed by atoms with Crippen LogP contribution in [-0.4, -0.2) is 69.2 Å². The summed E-state index contributed by atoms with van der Waals surface area (Å²) in [5.41, 5.74) is 3.64. The van der Waals surface area contributed by atoms with Gasteiger partial charge in [0.2, 0.25) is 10.0 Å². The molecule has 3 rings (SSSR count). The number of guanidine groups is 1. The maximum Gasteiger partial charge on any atom is 0.215 e. The van der Waals surface area contributed by atoms with Crippen molar-refractivity contribution in [3.05, 3.63) is 59.3 Å². The topological polar surface area (TPSA) is 89.9 Å². The molecule has 2 heterocycles. The molecule has 1 aliphatic heterocycles. The van der Waals surface area contributed by atoms with E-state index in [1.54, 1.807) is 17.5 Å². The second kappa shape index (κ2) is 10.6. The fraction of sp³-hybridized carbons (Fsp3) is 0.455. The van der Waals surface area contributed by atoms with Crippen molar-refractivity contribution in [3.8, 4) is 0 Å². The highest BCUT2D eigenvalue weighted by atomic mass is 32.2. The number of piperazine rings is 1. The van der Waals surface area contributed by atoms with Gasteiger partial charge in [0.25, 0.3) is 0 Å². The first-order valence-electron chi connectivity index (χ1n) is 10.5.